The van der Waals surface area contributed by atoms with Crippen molar-refractivity contribution in [2.45, 2.75) is 33.2 Å². The van der Waals surface area contributed by atoms with Gasteiger partial charge in [-0.25, -0.2) is 13.1 Å². The van der Waals surface area contributed by atoms with Crippen LogP contribution in [0.15, 0.2) is 24.3 Å². The van der Waals surface area contributed by atoms with E-state index in [-0.39, 0.29) is 23.5 Å². The number of hydrogen-bond acceptors (Lipinski definition) is 4. The van der Waals surface area contributed by atoms with Gasteiger partial charge in [0.25, 0.3) is 5.91 Å². The lowest BCUT2D eigenvalue weighted by Crippen LogP contribution is -2.20. The molecule has 1 fully saturated rings. The van der Waals surface area contributed by atoms with Crippen molar-refractivity contribution >= 4 is 21.6 Å². The average Bonchev–Trinajstić information content (AvgIpc) is 3.01. The van der Waals surface area contributed by atoms with E-state index in [1.807, 2.05) is 32.9 Å². The van der Waals surface area contributed by atoms with Gasteiger partial charge in [0.1, 0.15) is 5.82 Å². The van der Waals surface area contributed by atoms with Gasteiger partial charge in [-0.2, -0.15) is 5.10 Å². The van der Waals surface area contributed by atoms with Crippen LogP contribution in [0.3, 0.4) is 0 Å². The molecule has 128 valence electrons. The fraction of sp³-hybridized carbons (Fsp3) is 0.412. The second kappa shape index (κ2) is 6.05. The number of rotatable bonds is 3. The summed E-state index contributed by atoms with van der Waals surface area (Å²) >= 11 is 0. The maximum Gasteiger partial charge on any atom is 0.257 e. The summed E-state index contributed by atoms with van der Waals surface area (Å²) in [6.45, 7) is 5.70. The van der Waals surface area contributed by atoms with Crippen LogP contribution in [0.2, 0.25) is 0 Å². The SMILES string of the molecule is Cc1ccc(C(=O)Nc2cc(C)nn2C2CCS(=O)(=O)C2)c(C)c1. The molecule has 1 unspecified atom stereocenters. The van der Waals surface area contributed by atoms with Gasteiger partial charge in [-0.15, -0.1) is 0 Å². The summed E-state index contributed by atoms with van der Waals surface area (Å²) in [4.78, 5) is 12.6. The number of amides is 1. The molecule has 24 heavy (non-hydrogen) atoms. The standard InChI is InChI=1S/C17H21N3O3S/c1-11-4-5-15(12(2)8-11)17(21)18-16-9-13(3)19-20(16)14-6-7-24(22,23)10-14/h4-5,8-9,14H,6-7,10H2,1-3H3,(H,18,21). The number of hydrogen-bond donors (Lipinski definition) is 1. The second-order valence-electron chi connectivity index (χ2n) is 6.44. The maximum atomic E-state index is 12.6. The van der Waals surface area contributed by atoms with Gasteiger partial charge in [-0.3, -0.25) is 4.79 Å². The quantitative estimate of drug-likeness (QED) is 0.924. The molecule has 1 saturated heterocycles. The Hall–Kier alpha value is -2.15. The zero-order valence-electron chi connectivity index (χ0n) is 14.0. The molecule has 1 atom stereocenters. The molecule has 0 radical (unpaired) electrons. The molecule has 2 heterocycles. The number of anilines is 1. The van der Waals surface area contributed by atoms with Crippen molar-refractivity contribution in [1.29, 1.82) is 0 Å². The third-order valence-electron chi connectivity index (χ3n) is 4.28. The molecular formula is C17H21N3O3S. The van der Waals surface area contributed by atoms with E-state index in [0.29, 0.717) is 17.8 Å². The Morgan fingerprint density at radius 3 is 2.62 bits per heavy atom. The van der Waals surface area contributed by atoms with Crippen molar-refractivity contribution in [2.24, 2.45) is 0 Å². The van der Waals surface area contributed by atoms with Crippen molar-refractivity contribution < 1.29 is 13.2 Å². The van der Waals surface area contributed by atoms with E-state index >= 15 is 0 Å². The minimum Gasteiger partial charge on any atom is -0.307 e. The van der Waals surface area contributed by atoms with E-state index in [1.54, 1.807) is 16.8 Å². The lowest BCUT2D eigenvalue weighted by molar-refractivity contribution is 0.102. The molecule has 0 spiro atoms. The second-order valence-corrected chi connectivity index (χ2v) is 8.67. The zero-order chi connectivity index (χ0) is 17.5. The third-order valence-corrected chi connectivity index (χ3v) is 6.03. The van der Waals surface area contributed by atoms with Crippen LogP contribution in [0.4, 0.5) is 5.82 Å². The highest BCUT2D eigenvalue weighted by molar-refractivity contribution is 7.91. The van der Waals surface area contributed by atoms with E-state index in [9.17, 15) is 13.2 Å². The van der Waals surface area contributed by atoms with Gasteiger partial charge in [-0.05, 0) is 38.8 Å². The van der Waals surface area contributed by atoms with Gasteiger partial charge in [0.2, 0.25) is 0 Å². The normalized spacial score (nSPS) is 19.4. The number of sulfone groups is 1. The fourth-order valence-electron chi connectivity index (χ4n) is 3.11. The Morgan fingerprint density at radius 2 is 2.00 bits per heavy atom. The number of nitrogens with one attached hydrogen (secondary N) is 1. The minimum absolute atomic E-state index is 0.0700. The highest BCUT2D eigenvalue weighted by Gasteiger charge is 2.31. The molecule has 1 N–H and O–H groups in total. The van der Waals surface area contributed by atoms with E-state index < -0.39 is 9.84 Å². The predicted molar refractivity (Wildman–Crippen MR) is 93.1 cm³/mol. The van der Waals surface area contributed by atoms with Crippen LogP contribution in [-0.4, -0.2) is 35.6 Å². The lowest BCUT2D eigenvalue weighted by atomic mass is 10.1. The summed E-state index contributed by atoms with van der Waals surface area (Å²) in [6, 6.07) is 7.20. The zero-order valence-corrected chi connectivity index (χ0v) is 14.9. The van der Waals surface area contributed by atoms with E-state index in [2.05, 4.69) is 10.4 Å². The Labute approximate surface area is 141 Å². The van der Waals surface area contributed by atoms with Crippen molar-refractivity contribution in [2.75, 3.05) is 16.8 Å². The number of carbonyl (C=O) groups excluding carboxylic acids is 1. The molecule has 0 aliphatic carbocycles. The molecule has 2 aromatic rings. The van der Waals surface area contributed by atoms with Crippen LogP contribution in [-0.2, 0) is 9.84 Å². The molecule has 3 rings (SSSR count). The average molecular weight is 347 g/mol. The molecule has 0 bridgehead atoms. The summed E-state index contributed by atoms with van der Waals surface area (Å²) in [7, 11) is -3.02. The molecule has 1 amide bonds. The number of benzene rings is 1. The lowest BCUT2D eigenvalue weighted by Gasteiger charge is -2.14. The molecule has 0 saturated carbocycles. The van der Waals surface area contributed by atoms with Crippen molar-refractivity contribution in [3.05, 3.63) is 46.6 Å². The van der Waals surface area contributed by atoms with Gasteiger partial charge < -0.3 is 5.32 Å². The molecular weight excluding hydrogens is 326 g/mol. The number of carbonyl (C=O) groups is 1. The monoisotopic (exact) mass is 347 g/mol. The predicted octanol–water partition coefficient (Wildman–Crippen LogP) is 2.42. The summed E-state index contributed by atoms with van der Waals surface area (Å²) < 4.78 is 25.1. The van der Waals surface area contributed by atoms with Crippen molar-refractivity contribution in [1.82, 2.24) is 9.78 Å². The topological polar surface area (TPSA) is 81.1 Å². The largest absolute Gasteiger partial charge is 0.307 e. The first kappa shape index (κ1) is 16.7. The van der Waals surface area contributed by atoms with Crippen LogP contribution in [0.25, 0.3) is 0 Å². The molecule has 7 heteroatoms. The molecule has 1 aliphatic heterocycles. The van der Waals surface area contributed by atoms with E-state index in [1.165, 1.54) is 0 Å². The Bertz CT molecular complexity index is 900. The van der Waals surface area contributed by atoms with Gasteiger partial charge in [0.05, 0.1) is 23.2 Å². The van der Waals surface area contributed by atoms with E-state index in [0.717, 1.165) is 16.8 Å². The first-order chi connectivity index (χ1) is 11.2. The van der Waals surface area contributed by atoms with Gasteiger partial charge >= 0.3 is 0 Å². The minimum atomic E-state index is -3.02. The smallest absolute Gasteiger partial charge is 0.257 e. The Kier molecular flexibility index (Phi) is 4.21. The van der Waals surface area contributed by atoms with Crippen LogP contribution >= 0.6 is 0 Å². The van der Waals surface area contributed by atoms with Gasteiger partial charge in [0, 0.05) is 11.6 Å². The molecule has 1 aromatic carbocycles. The summed E-state index contributed by atoms with van der Waals surface area (Å²) in [5.41, 5.74) is 3.35. The first-order valence-electron chi connectivity index (χ1n) is 7.90. The van der Waals surface area contributed by atoms with E-state index in [4.69, 9.17) is 0 Å². The number of aryl methyl sites for hydroxylation is 3. The molecule has 6 nitrogen and oxygen atoms in total. The van der Waals surface area contributed by atoms with Crippen LogP contribution in [0.5, 0.6) is 0 Å². The highest BCUT2D eigenvalue weighted by atomic mass is 32.2. The summed E-state index contributed by atoms with van der Waals surface area (Å²) in [6.07, 6.45) is 0.524. The summed E-state index contributed by atoms with van der Waals surface area (Å²) in [5.74, 6) is 0.566. The van der Waals surface area contributed by atoms with Crippen molar-refractivity contribution in [3.8, 4) is 0 Å². The van der Waals surface area contributed by atoms with Gasteiger partial charge in [0.15, 0.2) is 9.84 Å². The Morgan fingerprint density at radius 1 is 1.25 bits per heavy atom. The van der Waals surface area contributed by atoms with Crippen LogP contribution in [0.1, 0.15) is 39.6 Å². The maximum absolute atomic E-state index is 12.6. The highest BCUT2D eigenvalue weighted by Crippen LogP contribution is 2.27. The fourth-order valence-corrected chi connectivity index (χ4v) is 4.80. The number of aromatic nitrogens is 2. The van der Waals surface area contributed by atoms with Gasteiger partial charge in [-0.1, -0.05) is 17.7 Å². The first-order valence-corrected chi connectivity index (χ1v) is 9.72. The Balaban J connectivity index is 1.87. The third kappa shape index (κ3) is 3.36. The number of nitrogens with zero attached hydrogens (tertiary/aromatic N) is 2. The van der Waals surface area contributed by atoms with Crippen molar-refractivity contribution in [3.63, 3.8) is 0 Å². The summed E-state index contributed by atoms with van der Waals surface area (Å²) in [5, 5.41) is 7.26. The molecule has 1 aromatic heterocycles. The van der Waals surface area contributed by atoms with Crippen LogP contribution in [0, 0.1) is 20.8 Å². The molecule has 1 aliphatic rings. The van der Waals surface area contributed by atoms with Crippen LogP contribution < -0.4 is 5.32 Å².